The van der Waals surface area contributed by atoms with Crippen molar-refractivity contribution in [1.82, 2.24) is 0 Å². The van der Waals surface area contributed by atoms with Gasteiger partial charge in [0, 0.05) is 31.2 Å². The maximum absolute atomic E-state index is 11.4. The van der Waals surface area contributed by atoms with Crippen LogP contribution in [0.2, 0.25) is 0 Å². The van der Waals surface area contributed by atoms with Gasteiger partial charge in [-0.05, 0) is 84.7 Å². The molecule has 0 atom stereocenters. The summed E-state index contributed by atoms with van der Waals surface area (Å²) >= 11 is 0. The van der Waals surface area contributed by atoms with E-state index >= 15 is 0 Å². The molecule has 0 saturated heterocycles. The molecule has 8 bridgehead atoms. The number of phenols is 4. The van der Waals surface area contributed by atoms with E-state index in [4.69, 9.17) is 0 Å². The van der Waals surface area contributed by atoms with Crippen LogP contribution in [0.15, 0.2) is 42.5 Å². The van der Waals surface area contributed by atoms with Gasteiger partial charge >= 0.3 is 0 Å². The zero-order valence-corrected chi connectivity index (χ0v) is 22.2. The lowest BCUT2D eigenvalue weighted by Crippen LogP contribution is -2.04. The molecule has 0 spiro atoms. The largest absolute Gasteiger partial charge is 0.507 e. The average molecular weight is 495 g/mol. The summed E-state index contributed by atoms with van der Waals surface area (Å²) in [5.74, 6) is 0.786. The molecule has 1 aliphatic carbocycles. The van der Waals surface area contributed by atoms with Gasteiger partial charge in [0.05, 0.1) is 0 Å². The van der Waals surface area contributed by atoms with Crippen LogP contribution in [-0.2, 0) is 25.7 Å². The Labute approximate surface area is 218 Å². The van der Waals surface area contributed by atoms with Crippen molar-refractivity contribution in [2.75, 3.05) is 0 Å². The van der Waals surface area contributed by atoms with Gasteiger partial charge in [-0.15, -0.1) is 0 Å². The third-order valence-corrected chi connectivity index (χ3v) is 7.77. The van der Waals surface area contributed by atoms with Crippen LogP contribution in [0.1, 0.15) is 72.3 Å². The highest BCUT2D eigenvalue weighted by Crippen LogP contribution is 2.39. The van der Waals surface area contributed by atoms with Gasteiger partial charge in [0.15, 0.2) is 0 Å². The second kappa shape index (κ2) is 9.19. The molecule has 190 valence electrons. The molecule has 4 N–H and O–H groups in total. The van der Waals surface area contributed by atoms with E-state index in [2.05, 4.69) is 0 Å². The van der Waals surface area contributed by atoms with E-state index in [0.29, 0.717) is 25.7 Å². The summed E-state index contributed by atoms with van der Waals surface area (Å²) < 4.78 is 0. The second-order valence-corrected chi connectivity index (χ2v) is 10.8. The Balaban J connectivity index is 1.81. The molecule has 0 amide bonds. The number of hydrogen-bond donors (Lipinski definition) is 4. The number of benzene rings is 4. The number of phenolic OH excluding ortho intramolecular Hbond substituents is 4. The molecule has 1 aliphatic rings. The minimum Gasteiger partial charge on any atom is -0.507 e. The topological polar surface area (TPSA) is 80.9 Å². The number of hydrogen-bond acceptors (Lipinski definition) is 4. The molecule has 0 saturated carbocycles. The highest BCUT2D eigenvalue weighted by molar-refractivity contribution is 5.58. The summed E-state index contributed by atoms with van der Waals surface area (Å²) in [6, 6.07) is 13.7. The summed E-state index contributed by atoms with van der Waals surface area (Å²) in [5.41, 5.74) is 11.0. The molecule has 5 rings (SSSR count). The summed E-state index contributed by atoms with van der Waals surface area (Å²) in [5, 5.41) is 45.3. The Kier molecular flexibility index (Phi) is 6.15. The van der Waals surface area contributed by atoms with Crippen LogP contribution in [0.25, 0.3) is 0 Å². The third-order valence-electron chi connectivity index (χ3n) is 7.77. The SMILES string of the molecule is Cc1cc2c(O)c(c1)Cc1cc(C)cc(c1O)Cc1c(C)c(C)cc(c1O)Cc1cc(C)cc(c1O)C2. The van der Waals surface area contributed by atoms with Crippen molar-refractivity contribution in [3.63, 3.8) is 0 Å². The number of aromatic hydroxyl groups is 4. The van der Waals surface area contributed by atoms with Crippen LogP contribution in [-0.4, -0.2) is 20.4 Å². The van der Waals surface area contributed by atoms with E-state index in [1.54, 1.807) is 0 Å². The molecule has 0 heterocycles. The molecule has 0 aliphatic heterocycles. The smallest absolute Gasteiger partial charge is 0.122 e. The van der Waals surface area contributed by atoms with Gasteiger partial charge in [0.1, 0.15) is 23.0 Å². The molecule has 0 unspecified atom stereocenters. The zero-order chi connectivity index (χ0) is 26.6. The molecule has 0 aromatic heterocycles. The van der Waals surface area contributed by atoms with E-state index in [1.807, 2.05) is 77.1 Å². The highest BCUT2D eigenvalue weighted by atomic mass is 16.3. The molecule has 4 heteroatoms. The molecular weight excluding hydrogens is 460 g/mol. The number of aryl methyl sites for hydroxylation is 4. The van der Waals surface area contributed by atoms with E-state index in [0.717, 1.165) is 72.3 Å². The van der Waals surface area contributed by atoms with E-state index in [9.17, 15) is 20.4 Å². The minimum absolute atomic E-state index is 0.192. The minimum atomic E-state index is 0.192. The van der Waals surface area contributed by atoms with Crippen molar-refractivity contribution in [2.45, 2.75) is 60.3 Å². The van der Waals surface area contributed by atoms with E-state index in [-0.39, 0.29) is 23.0 Å². The quantitative estimate of drug-likeness (QED) is 0.192. The van der Waals surface area contributed by atoms with Crippen LogP contribution < -0.4 is 0 Å². The predicted octanol–water partition coefficient (Wildman–Crippen LogP) is 6.73. The number of fused-ring (bicyclic) bond motifs is 8. The van der Waals surface area contributed by atoms with E-state index < -0.39 is 0 Å². The van der Waals surface area contributed by atoms with Gasteiger partial charge < -0.3 is 20.4 Å². The summed E-state index contributed by atoms with van der Waals surface area (Å²) in [4.78, 5) is 0. The van der Waals surface area contributed by atoms with Crippen molar-refractivity contribution in [3.05, 3.63) is 115 Å². The third kappa shape index (κ3) is 4.53. The molecule has 4 aromatic rings. The predicted molar refractivity (Wildman–Crippen MR) is 147 cm³/mol. The summed E-state index contributed by atoms with van der Waals surface area (Å²) in [6.45, 7) is 10.0. The Morgan fingerprint density at radius 1 is 0.405 bits per heavy atom. The Bertz CT molecular complexity index is 1560. The lowest BCUT2D eigenvalue weighted by atomic mass is 9.87. The Morgan fingerprint density at radius 3 is 1.05 bits per heavy atom. The fourth-order valence-electron chi connectivity index (χ4n) is 5.82. The van der Waals surface area contributed by atoms with Crippen molar-refractivity contribution in [3.8, 4) is 23.0 Å². The fourth-order valence-corrected chi connectivity index (χ4v) is 5.82. The van der Waals surface area contributed by atoms with Gasteiger partial charge in [0.25, 0.3) is 0 Å². The lowest BCUT2D eigenvalue weighted by molar-refractivity contribution is 0.450. The maximum Gasteiger partial charge on any atom is 0.122 e. The second-order valence-electron chi connectivity index (χ2n) is 10.8. The summed E-state index contributed by atoms with van der Waals surface area (Å²) in [7, 11) is 0. The van der Waals surface area contributed by atoms with Gasteiger partial charge in [-0.25, -0.2) is 0 Å². The first-order valence-electron chi connectivity index (χ1n) is 12.8. The van der Waals surface area contributed by atoms with Crippen LogP contribution >= 0.6 is 0 Å². The lowest BCUT2D eigenvalue weighted by Gasteiger charge is -2.20. The normalized spacial score (nSPS) is 13.0. The zero-order valence-electron chi connectivity index (χ0n) is 22.2. The van der Waals surface area contributed by atoms with Crippen molar-refractivity contribution < 1.29 is 20.4 Å². The Hall–Kier alpha value is -3.92. The van der Waals surface area contributed by atoms with Gasteiger partial charge in [-0.1, -0.05) is 59.2 Å². The molecular formula is C33H34O4. The Morgan fingerprint density at radius 2 is 0.703 bits per heavy atom. The van der Waals surface area contributed by atoms with Gasteiger partial charge in [0.2, 0.25) is 0 Å². The van der Waals surface area contributed by atoms with Crippen molar-refractivity contribution in [1.29, 1.82) is 0 Å². The first-order chi connectivity index (χ1) is 17.5. The highest BCUT2D eigenvalue weighted by Gasteiger charge is 2.21. The summed E-state index contributed by atoms with van der Waals surface area (Å²) in [6.07, 6.45) is 1.49. The fraction of sp³-hybridized carbons (Fsp3) is 0.273. The molecule has 0 fully saturated rings. The van der Waals surface area contributed by atoms with Crippen LogP contribution in [0.3, 0.4) is 0 Å². The maximum atomic E-state index is 11.4. The molecule has 0 radical (unpaired) electrons. The van der Waals surface area contributed by atoms with Crippen LogP contribution in [0, 0.1) is 34.6 Å². The van der Waals surface area contributed by atoms with Crippen molar-refractivity contribution >= 4 is 0 Å². The van der Waals surface area contributed by atoms with Crippen molar-refractivity contribution in [2.24, 2.45) is 0 Å². The van der Waals surface area contributed by atoms with Crippen LogP contribution in [0.5, 0.6) is 23.0 Å². The van der Waals surface area contributed by atoms with E-state index in [1.165, 1.54) is 0 Å². The monoisotopic (exact) mass is 494 g/mol. The standard InChI is InChI=1S/C33H34O4/c1-17-6-22-13-23-8-18(2)9-26(31(23)35)15-28-12-20(4)21(5)29(33(28)37)16-27-11-19(3)10-25(32(27)36)14-24(7-17)30(22)34/h6-12,34-37H,13-16H2,1-5H3. The number of rotatable bonds is 0. The van der Waals surface area contributed by atoms with Gasteiger partial charge in [-0.2, -0.15) is 0 Å². The first kappa shape index (κ1) is 24.8. The molecule has 4 nitrogen and oxygen atoms in total. The molecule has 4 aromatic carbocycles. The molecule has 37 heavy (non-hydrogen) atoms. The average Bonchev–Trinajstić information content (AvgIpc) is 2.83. The first-order valence-corrected chi connectivity index (χ1v) is 12.8. The van der Waals surface area contributed by atoms with Crippen LogP contribution in [0.4, 0.5) is 0 Å². The van der Waals surface area contributed by atoms with Gasteiger partial charge in [-0.3, -0.25) is 0 Å².